The molecule has 1 atom stereocenters. The van der Waals surface area contributed by atoms with Gasteiger partial charge in [0.1, 0.15) is 5.60 Å². The fourth-order valence-electron chi connectivity index (χ4n) is 9.10. The number of hydrogen-bond donors (Lipinski definition) is 0. The van der Waals surface area contributed by atoms with Crippen LogP contribution in [0.25, 0.3) is 22.3 Å². The van der Waals surface area contributed by atoms with Crippen molar-refractivity contribution in [2.45, 2.75) is 69.5 Å². The van der Waals surface area contributed by atoms with Gasteiger partial charge in [-0.15, -0.1) is 0 Å². The van der Waals surface area contributed by atoms with Gasteiger partial charge in [0, 0.05) is 12.3 Å². The first kappa shape index (κ1) is 22.5. The summed E-state index contributed by atoms with van der Waals surface area (Å²) in [4.78, 5) is 0. The first-order chi connectivity index (χ1) is 17.8. The summed E-state index contributed by atoms with van der Waals surface area (Å²) in [5, 5.41) is 0. The van der Waals surface area contributed by atoms with Gasteiger partial charge in [0.15, 0.2) is 0 Å². The lowest BCUT2D eigenvalue weighted by Crippen LogP contribution is -2.55. The van der Waals surface area contributed by atoms with Crippen LogP contribution in [0.1, 0.15) is 64.0 Å². The Hall–Kier alpha value is -2.49. The van der Waals surface area contributed by atoms with Crippen LogP contribution in [0.15, 0.2) is 66.7 Å². The van der Waals surface area contributed by atoms with E-state index in [0.29, 0.717) is 0 Å². The number of benzene rings is 3. The van der Waals surface area contributed by atoms with E-state index in [1.807, 2.05) is 6.92 Å². The minimum atomic E-state index is -0.571. The lowest BCUT2D eigenvalue weighted by atomic mass is 9.43. The molecule has 3 aromatic rings. The van der Waals surface area contributed by atoms with Gasteiger partial charge in [-0.05, 0) is 115 Å². The van der Waals surface area contributed by atoms with E-state index in [0.717, 1.165) is 29.1 Å². The highest BCUT2D eigenvalue weighted by atomic mass is 16.7. The zero-order valence-corrected chi connectivity index (χ0v) is 22.3. The van der Waals surface area contributed by atoms with Gasteiger partial charge in [-0.2, -0.15) is 0 Å². The van der Waals surface area contributed by atoms with Crippen LogP contribution in [0.5, 0.6) is 0 Å². The fourth-order valence-corrected chi connectivity index (χ4v) is 9.10. The molecule has 0 amide bonds. The normalized spacial score (nSPS) is 36.2. The minimum absolute atomic E-state index is 0.213. The summed E-state index contributed by atoms with van der Waals surface area (Å²) >= 11 is 0. The van der Waals surface area contributed by atoms with Crippen LogP contribution < -0.4 is 5.46 Å². The van der Waals surface area contributed by atoms with Gasteiger partial charge in [-0.3, -0.25) is 0 Å². The van der Waals surface area contributed by atoms with Crippen molar-refractivity contribution in [1.29, 1.82) is 0 Å². The Balaban J connectivity index is 1.20. The molecule has 6 aliphatic rings. The zero-order chi connectivity index (χ0) is 25.2. The number of hydrogen-bond acceptors (Lipinski definition) is 2. The average molecular weight is 487 g/mol. The van der Waals surface area contributed by atoms with Crippen molar-refractivity contribution in [3.05, 3.63) is 84.8 Å². The summed E-state index contributed by atoms with van der Waals surface area (Å²) < 4.78 is 12.4. The molecule has 186 valence electrons. The summed E-state index contributed by atoms with van der Waals surface area (Å²) in [6.07, 6.45) is 7.17. The highest BCUT2D eigenvalue weighted by Crippen LogP contribution is 2.69. The largest absolute Gasteiger partial charge is 0.497 e. The van der Waals surface area contributed by atoms with E-state index in [4.69, 9.17) is 9.31 Å². The summed E-state index contributed by atoms with van der Waals surface area (Å²) in [6.45, 7) is 10.3. The molecular weight excluding hydrogens is 451 g/mol. The van der Waals surface area contributed by atoms with Crippen LogP contribution in [-0.2, 0) is 14.7 Å². The molecule has 0 radical (unpaired) electrons. The Labute approximate surface area is 221 Å². The summed E-state index contributed by atoms with van der Waals surface area (Å²) in [6, 6.07) is 25.5. The molecule has 37 heavy (non-hydrogen) atoms. The monoisotopic (exact) mass is 487 g/mol. The minimum Gasteiger partial charge on any atom is -0.395 e. The Morgan fingerprint density at radius 2 is 1.32 bits per heavy atom. The van der Waals surface area contributed by atoms with E-state index in [2.05, 4.69) is 87.5 Å². The van der Waals surface area contributed by atoms with Gasteiger partial charge in [0.25, 0.3) is 0 Å². The second-order valence-corrected chi connectivity index (χ2v) is 13.4. The number of rotatable bonds is 2. The van der Waals surface area contributed by atoms with E-state index in [9.17, 15) is 0 Å². The van der Waals surface area contributed by atoms with Crippen LogP contribution >= 0.6 is 0 Å². The third-order valence-electron chi connectivity index (χ3n) is 11.1. The maximum absolute atomic E-state index is 6.24. The van der Waals surface area contributed by atoms with Crippen LogP contribution in [-0.4, -0.2) is 18.3 Å². The maximum atomic E-state index is 6.24. The van der Waals surface area contributed by atoms with Gasteiger partial charge >= 0.3 is 7.12 Å². The molecule has 0 aromatic heterocycles. The van der Waals surface area contributed by atoms with Crippen molar-refractivity contribution in [3.63, 3.8) is 0 Å². The smallest absolute Gasteiger partial charge is 0.395 e. The van der Waals surface area contributed by atoms with Crippen molar-refractivity contribution in [2.75, 3.05) is 0 Å². The van der Waals surface area contributed by atoms with E-state index in [-0.39, 0.29) is 12.5 Å². The molecular formula is C34H36BO2+. The van der Waals surface area contributed by atoms with Crippen LogP contribution in [0, 0.1) is 30.6 Å². The van der Waals surface area contributed by atoms with Gasteiger partial charge in [-0.25, -0.2) is 0 Å². The first-order valence-electron chi connectivity index (χ1n) is 14.3. The zero-order valence-electron chi connectivity index (χ0n) is 22.3. The molecule has 2 nitrogen and oxygen atoms in total. The highest BCUT2D eigenvalue weighted by molar-refractivity contribution is 6.62. The predicted octanol–water partition coefficient (Wildman–Crippen LogP) is 7.19. The lowest BCUT2D eigenvalue weighted by Gasteiger charge is -2.61. The Kier molecular flexibility index (Phi) is 4.46. The van der Waals surface area contributed by atoms with E-state index in [1.54, 1.807) is 11.1 Å². The second kappa shape index (κ2) is 7.33. The molecule has 0 N–H and O–H groups in total. The molecule has 3 heteroatoms. The van der Waals surface area contributed by atoms with Crippen molar-refractivity contribution >= 4 is 12.6 Å². The van der Waals surface area contributed by atoms with Crippen molar-refractivity contribution in [1.82, 2.24) is 0 Å². The van der Waals surface area contributed by atoms with E-state index in [1.165, 1.54) is 54.4 Å². The second-order valence-electron chi connectivity index (χ2n) is 13.4. The third-order valence-corrected chi connectivity index (χ3v) is 11.1. The molecule has 1 saturated heterocycles. The molecule has 1 aliphatic heterocycles. The van der Waals surface area contributed by atoms with Crippen LogP contribution in [0.3, 0.4) is 0 Å². The molecule has 5 fully saturated rings. The Morgan fingerprint density at radius 3 is 1.97 bits per heavy atom. The summed E-state index contributed by atoms with van der Waals surface area (Å²) in [5.41, 5.74) is 9.05. The summed E-state index contributed by atoms with van der Waals surface area (Å²) in [7, 11) is -0.377. The highest BCUT2D eigenvalue weighted by Gasteiger charge is 2.61. The van der Waals surface area contributed by atoms with Crippen LogP contribution in [0.4, 0.5) is 0 Å². The molecule has 1 unspecified atom stereocenters. The van der Waals surface area contributed by atoms with Gasteiger partial charge in [-0.1, -0.05) is 60.7 Å². The van der Waals surface area contributed by atoms with E-state index >= 15 is 0 Å². The first-order valence-corrected chi connectivity index (χ1v) is 14.3. The summed E-state index contributed by atoms with van der Waals surface area (Å²) in [5.74, 6) is 3.51. The quantitative estimate of drug-likeness (QED) is 0.281. The molecule has 4 bridgehead atoms. The van der Waals surface area contributed by atoms with Crippen LogP contribution in [0.2, 0.25) is 0 Å². The molecule has 1 spiro atoms. The van der Waals surface area contributed by atoms with Gasteiger partial charge in [0.05, 0.1) is 6.92 Å². The van der Waals surface area contributed by atoms with Crippen molar-refractivity contribution in [2.24, 2.45) is 23.7 Å². The van der Waals surface area contributed by atoms with Crippen molar-refractivity contribution < 1.29 is 9.31 Å². The molecule has 9 rings (SSSR count). The molecule has 3 aromatic carbocycles. The maximum Gasteiger partial charge on any atom is 0.497 e. The van der Waals surface area contributed by atoms with Gasteiger partial charge in [0.2, 0.25) is 5.60 Å². The predicted molar refractivity (Wildman–Crippen MR) is 151 cm³/mol. The molecule has 1 heterocycles. The average Bonchev–Trinajstić information content (AvgIpc) is 3.29. The topological polar surface area (TPSA) is 18.5 Å². The SMILES string of the molecule is [CH2+]C1(C)OB(c2ccc(-c3ccc4c(c3)C3(c5ccccc5-4)C4CC5CC(C4)CC3C5)cc2)OC1(C)C. The Bertz CT molecular complexity index is 1360. The number of fused-ring (bicyclic) bond motifs is 3. The van der Waals surface area contributed by atoms with Gasteiger partial charge < -0.3 is 9.31 Å². The standard InChI is InChI=1S/C34H36BO2/c1-32(2)33(3,4)37-35(36-32)27-12-9-23(10-13-27)24-11-14-29-28-7-5-6-8-30(28)34(31(29)20-24)25-16-21-15-22(18-25)19-26(34)17-21/h5-14,20-22,25-26H,1,15-19H2,2-4H3/q+1. The molecule has 5 aliphatic carbocycles. The van der Waals surface area contributed by atoms with Crippen molar-refractivity contribution in [3.8, 4) is 22.3 Å². The Morgan fingerprint density at radius 1 is 0.703 bits per heavy atom. The third kappa shape index (κ3) is 2.93. The van der Waals surface area contributed by atoms with E-state index < -0.39 is 11.2 Å². The lowest BCUT2D eigenvalue weighted by molar-refractivity contribution is -0.0399. The molecule has 4 saturated carbocycles. The fraction of sp³-hybridized carbons (Fsp3) is 0.441.